The van der Waals surface area contributed by atoms with E-state index >= 15 is 0 Å². The number of pyridine rings is 1. The third kappa shape index (κ3) is 5.40. The zero-order valence-corrected chi connectivity index (χ0v) is 14.0. The summed E-state index contributed by atoms with van der Waals surface area (Å²) < 4.78 is 18.7. The molecule has 0 spiro atoms. The van der Waals surface area contributed by atoms with Crippen LogP contribution in [0.4, 0.5) is 4.39 Å². The van der Waals surface area contributed by atoms with Gasteiger partial charge in [0.1, 0.15) is 11.6 Å². The van der Waals surface area contributed by atoms with E-state index in [4.69, 9.17) is 4.74 Å². The number of nitrogens with one attached hydrogen (secondary N) is 1. The lowest BCUT2D eigenvalue weighted by molar-refractivity contribution is 0.308. The van der Waals surface area contributed by atoms with Crippen molar-refractivity contribution in [3.63, 3.8) is 0 Å². The Morgan fingerprint density at radius 3 is 2.52 bits per heavy atom. The predicted molar refractivity (Wildman–Crippen MR) is 97.9 cm³/mol. The molecule has 3 nitrogen and oxygen atoms in total. The highest BCUT2D eigenvalue weighted by Gasteiger charge is 2.01. The number of rotatable bonds is 8. The fraction of sp³-hybridized carbons (Fsp3) is 0.190. The lowest BCUT2D eigenvalue weighted by Crippen LogP contribution is -2.17. The van der Waals surface area contributed by atoms with Gasteiger partial charge >= 0.3 is 0 Å². The number of ether oxygens (including phenoxy) is 1. The molecule has 3 aromatic rings. The lowest BCUT2D eigenvalue weighted by Gasteiger charge is -2.08. The van der Waals surface area contributed by atoms with E-state index in [0.29, 0.717) is 6.61 Å². The first kappa shape index (κ1) is 17.1. The zero-order valence-electron chi connectivity index (χ0n) is 14.0. The summed E-state index contributed by atoms with van der Waals surface area (Å²) in [6, 6.07) is 18.4. The molecule has 0 fully saturated rings. The van der Waals surface area contributed by atoms with Crippen LogP contribution in [0.2, 0.25) is 0 Å². The Balaban J connectivity index is 1.42. The Morgan fingerprint density at radius 1 is 0.920 bits per heavy atom. The third-order valence-electron chi connectivity index (χ3n) is 3.81. The summed E-state index contributed by atoms with van der Waals surface area (Å²) >= 11 is 0. The Kier molecular flexibility index (Phi) is 6.12. The molecule has 0 atom stereocenters. The summed E-state index contributed by atoms with van der Waals surface area (Å²) in [4.78, 5) is 4.28. The van der Waals surface area contributed by atoms with Crippen LogP contribution >= 0.6 is 0 Å². The van der Waals surface area contributed by atoms with E-state index in [1.807, 2.05) is 36.5 Å². The van der Waals surface area contributed by atoms with E-state index in [-0.39, 0.29) is 5.82 Å². The normalized spacial score (nSPS) is 10.6. The van der Waals surface area contributed by atoms with Crippen LogP contribution in [0.3, 0.4) is 0 Å². The van der Waals surface area contributed by atoms with Gasteiger partial charge < -0.3 is 10.1 Å². The summed E-state index contributed by atoms with van der Waals surface area (Å²) in [5, 5.41) is 3.40. The van der Waals surface area contributed by atoms with Gasteiger partial charge in [0, 0.05) is 24.5 Å². The molecule has 0 saturated carbocycles. The molecule has 0 aliphatic heterocycles. The first-order valence-corrected chi connectivity index (χ1v) is 8.40. The molecule has 1 heterocycles. The number of halogens is 1. The van der Waals surface area contributed by atoms with Crippen LogP contribution < -0.4 is 10.1 Å². The maximum absolute atomic E-state index is 13.0. The Labute approximate surface area is 147 Å². The molecule has 3 rings (SSSR count). The van der Waals surface area contributed by atoms with Crippen molar-refractivity contribution >= 4 is 0 Å². The SMILES string of the molecule is Fc1ccc(-c2cncc(CNCCCOc3ccccc3)c2)cc1. The van der Waals surface area contributed by atoms with Gasteiger partial charge in [-0.25, -0.2) is 4.39 Å². The molecule has 0 saturated heterocycles. The number of hydrogen-bond donors (Lipinski definition) is 1. The van der Waals surface area contributed by atoms with Crippen molar-refractivity contribution in [2.45, 2.75) is 13.0 Å². The monoisotopic (exact) mass is 336 g/mol. The van der Waals surface area contributed by atoms with Crippen molar-refractivity contribution in [2.24, 2.45) is 0 Å². The predicted octanol–water partition coefficient (Wildman–Crippen LogP) is 4.45. The van der Waals surface area contributed by atoms with Crippen molar-refractivity contribution in [3.05, 3.63) is 84.4 Å². The highest BCUT2D eigenvalue weighted by molar-refractivity contribution is 5.62. The van der Waals surface area contributed by atoms with Crippen molar-refractivity contribution in [1.29, 1.82) is 0 Å². The van der Waals surface area contributed by atoms with Crippen LogP contribution in [0.1, 0.15) is 12.0 Å². The molecule has 0 radical (unpaired) electrons. The molecule has 0 bridgehead atoms. The summed E-state index contributed by atoms with van der Waals surface area (Å²) in [5.41, 5.74) is 3.06. The van der Waals surface area contributed by atoms with Gasteiger partial charge in [-0.2, -0.15) is 0 Å². The minimum absolute atomic E-state index is 0.229. The summed E-state index contributed by atoms with van der Waals surface area (Å²) in [7, 11) is 0. The Morgan fingerprint density at radius 2 is 1.72 bits per heavy atom. The van der Waals surface area contributed by atoms with Crippen LogP contribution in [0.25, 0.3) is 11.1 Å². The molecule has 1 aromatic heterocycles. The summed E-state index contributed by atoms with van der Waals surface area (Å²) in [6.07, 6.45) is 4.57. The van der Waals surface area contributed by atoms with Gasteiger partial charge in [0.2, 0.25) is 0 Å². The molecule has 128 valence electrons. The molecule has 0 amide bonds. The van der Waals surface area contributed by atoms with Crippen LogP contribution in [0.5, 0.6) is 5.75 Å². The van der Waals surface area contributed by atoms with Crippen molar-refractivity contribution in [1.82, 2.24) is 10.3 Å². The number of aromatic nitrogens is 1. The third-order valence-corrected chi connectivity index (χ3v) is 3.81. The molecule has 0 aliphatic carbocycles. The number of benzene rings is 2. The molecular weight excluding hydrogens is 315 g/mol. The van der Waals surface area contributed by atoms with Gasteiger partial charge in [-0.15, -0.1) is 0 Å². The Bertz CT molecular complexity index is 775. The summed E-state index contributed by atoms with van der Waals surface area (Å²) in [5.74, 6) is 0.672. The van der Waals surface area contributed by atoms with Crippen molar-refractivity contribution in [3.8, 4) is 16.9 Å². The van der Waals surface area contributed by atoms with Crippen molar-refractivity contribution in [2.75, 3.05) is 13.2 Å². The quantitative estimate of drug-likeness (QED) is 0.617. The molecular formula is C21H21FN2O. The fourth-order valence-electron chi connectivity index (χ4n) is 2.52. The first-order chi connectivity index (χ1) is 12.3. The van der Waals surface area contributed by atoms with Crippen LogP contribution in [0.15, 0.2) is 73.1 Å². The first-order valence-electron chi connectivity index (χ1n) is 8.40. The van der Waals surface area contributed by atoms with Crippen LogP contribution in [0, 0.1) is 5.82 Å². The second kappa shape index (κ2) is 8.94. The second-order valence-corrected chi connectivity index (χ2v) is 5.78. The van der Waals surface area contributed by atoms with Crippen molar-refractivity contribution < 1.29 is 9.13 Å². The van der Waals surface area contributed by atoms with Gasteiger partial charge in [-0.3, -0.25) is 4.98 Å². The van der Waals surface area contributed by atoms with Gasteiger partial charge in [0.25, 0.3) is 0 Å². The molecule has 0 aliphatic rings. The van der Waals surface area contributed by atoms with E-state index < -0.39 is 0 Å². The standard InChI is InChI=1S/C21H21FN2O/c22-20-9-7-18(8-10-20)19-13-17(15-24-16-19)14-23-11-4-12-25-21-5-2-1-3-6-21/h1-3,5-10,13,15-16,23H,4,11-12,14H2. The second-order valence-electron chi connectivity index (χ2n) is 5.78. The lowest BCUT2D eigenvalue weighted by atomic mass is 10.1. The minimum atomic E-state index is -0.229. The van der Waals surface area contributed by atoms with Gasteiger partial charge in [0.05, 0.1) is 6.61 Å². The zero-order chi connectivity index (χ0) is 17.3. The van der Waals surface area contributed by atoms with E-state index in [1.54, 1.807) is 18.3 Å². The van der Waals surface area contributed by atoms with Crippen LogP contribution in [-0.2, 0) is 6.54 Å². The van der Waals surface area contributed by atoms with E-state index in [9.17, 15) is 4.39 Å². The van der Waals surface area contributed by atoms with Crippen LogP contribution in [-0.4, -0.2) is 18.1 Å². The van der Waals surface area contributed by atoms with E-state index in [0.717, 1.165) is 42.0 Å². The highest BCUT2D eigenvalue weighted by atomic mass is 19.1. The number of hydrogen-bond acceptors (Lipinski definition) is 3. The summed E-state index contributed by atoms with van der Waals surface area (Å²) in [6.45, 7) is 2.30. The van der Waals surface area contributed by atoms with Gasteiger partial charge in [-0.1, -0.05) is 30.3 Å². The number of para-hydroxylation sites is 1. The van der Waals surface area contributed by atoms with Gasteiger partial charge in [0.15, 0.2) is 0 Å². The van der Waals surface area contributed by atoms with Gasteiger partial charge in [-0.05, 0) is 54.4 Å². The molecule has 4 heteroatoms. The van der Waals surface area contributed by atoms with E-state index in [1.165, 1.54) is 12.1 Å². The average molecular weight is 336 g/mol. The smallest absolute Gasteiger partial charge is 0.123 e. The van der Waals surface area contributed by atoms with E-state index in [2.05, 4.69) is 16.4 Å². The fourth-order valence-corrected chi connectivity index (χ4v) is 2.52. The minimum Gasteiger partial charge on any atom is -0.494 e. The largest absolute Gasteiger partial charge is 0.494 e. The Hall–Kier alpha value is -2.72. The molecule has 0 unspecified atom stereocenters. The maximum atomic E-state index is 13.0. The molecule has 2 aromatic carbocycles. The molecule has 1 N–H and O–H groups in total. The number of nitrogens with zero attached hydrogens (tertiary/aromatic N) is 1. The maximum Gasteiger partial charge on any atom is 0.123 e. The topological polar surface area (TPSA) is 34.2 Å². The average Bonchev–Trinajstić information content (AvgIpc) is 2.66. The molecule has 25 heavy (non-hydrogen) atoms. The highest BCUT2D eigenvalue weighted by Crippen LogP contribution is 2.19.